The molecule has 2 aliphatic rings. The molecule has 0 radical (unpaired) electrons. The molecule has 0 unspecified atom stereocenters. The van der Waals surface area contributed by atoms with Crippen molar-refractivity contribution in [2.75, 3.05) is 26.2 Å². The molecule has 1 saturated carbocycles. The third kappa shape index (κ3) is 3.56. The molecule has 1 aromatic carbocycles. The Morgan fingerprint density at radius 2 is 1.70 bits per heavy atom. The first-order chi connectivity index (χ1) is 11.0. The quantitative estimate of drug-likeness (QED) is 0.894. The minimum absolute atomic E-state index is 0.365. The summed E-state index contributed by atoms with van der Waals surface area (Å²) in [5.41, 5.74) is 0. The van der Waals surface area contributed by atoms with Gasteiger partial charge in [0.05, 0.1) is 32.2 Å². The smallest absolute Gasteiger partial charge is 0.246 e. The van der Waals surface area contributed by atoms with E-state index in [4.69, 9.17) is 0 Å². The summed E-state index contributed by atoms with van der Waals surface area (Å²) in [6.07, 6.45) is 6.22. The van der Waals surface area contributed by atoms with E-state index >= 15 is 0 Å². The highest BCUT2D eigenvalue weighted by Gasteiger charge is 2.35. The van der Waals surface area contributed by atoms with Crippen LogP contribution in [0.15, 0.2) is 23.1 Å². The molecule has 4 nitrogen and oxygen atoms in total. The average Bonchev–Trinajstić information content (AvgIpc) is 2.58. The Balaban J connectivity index is 1.69. The largest absolute Gasteiger partial charge is 0.330 e. The maximum Gasteiger partial charge on any atom is 0.246 e. The van der Waals surface area contributed by atoms with Gasteiger partial charge >= 0.3 is 0 Å². The Morgan fingerprint density at radius 3 is 2.35 bits per heavy atom. The first-order valence-corrected chi connectivity index (χ1v) is 9.72. The van der Waals surface area contributed by atoms with Gasteiger partial charge in [0.1, 0.15) is 16.5 Å². The molecular formula is C16H23F2N2O2S+. The predicted molar refractivity (Wildman–Crippen MR) is 82.7 cm³/mol. The molecule has 1 aromatic rings. The lowest BCUT2D eigenvalue weighted by Gasteiger charge is -2.37. The van der Waals surface area contributed by atoms with Crippen LogP contribution in [-0.4, -0.2) is 44.9 Å². The molecule has 128 valence electrons. The van der Waals surface area contributed by atoms with Crippen LogP contribution in [0.3, 0.4) is 0 Å². The fourth-order valence-electron chi connectivity index (χ4n) is 3.75. The Labute approximate surface area is 136 Å². The average molecular weight is 345 g/mol. The molecule has 1 N–H and O–H groups in total. The molecule has 0 aromatic heterocycles. The highest BCUT2D eigenvalue weighted by molar-refractivity contribution is 7.89. The van der Waals surface area contributed by atoms with Crippen molar-refractivity contribution in [3.8, 4) is 0 Å². The van der Waals surface area contributed by atoms with E-state index in [1.807, 2.05) is 0 Å². The van der Waals surface area contributed by atoms with E-state index in [1.165, 1.54) is 41.3 Å². The van der Waals surface area contributed by atoms with Gasteiger partial charge in [0.2, 0.25) is 10.0 Å². The molecule has 23 heavy (non-hydrogen) atoms. The number of piperazine rings is 1. The van der Waals surface area contributed by atoms with Crippen molar-refractivity contribution < 1.29 is 22.1 Å². The molecule has 7 heteroatoms. The summed E-state index contributed by atoms with van der Waals surface area (Å²) in [5.74, 6) is -1.63. The zero-order chi connectivity index (χ0) is 16.4. The lowest BCUT2D eigenvalue weighted by atomic mass is 9.94. The van der Waals surface area contributed by atoms with Crippen molar-refractivity contribution in [3.05, 3.63) is 29.8 Å². The van der Waals surface area contributed by atoms with Crippen molar-refractivity contribution in [2.24, 2.45) is 0 Å². The van der Waals surface area contributed by atoms with Gasteiger partial charge in [-0.2, -0.15) is 4.31 Å². The van der Waals surface area contributed by atoms with Crippen LogP contribution >= 0.6 is 0 Å². The highest BCUT2D eigenvalue weighted by atomic mass is 32.2. The molecular weight excluding hydrogens is 322 g/mol. The predicted octanol–water partition coefficient (Wildman–Crippen LogP) is 1.19. The van der Waals surface area contributed by atoms with Gasteiger partial charge in [0.15, 0.2) is 0 Å². The lowest BCUT2D eigenvalue weighted by Crippen LogP contribution is -3.18. The lowest BCUT2D eigenvalue weighted by molar-refractivity contribution is -0.930. The van der Waals surface area contributed by atoms with Gasteiger partial charge in [0.25, 0.3) is 0 Å². The molecule has 1 saturated heterocycles. The number of nitrogens with zero attached hydrogens (tertiary/aromatic N) is 1. The van der Waals surface area contributed by atoms with Gasteiger partial charge in [-0.15, -0.1) is 0 Å². The van der Waals surface area contributed by atoms with Gasteiger partial charge < -0.3 is 4.90 Å². The molecule has 2 fully saturated rings. The normalized spacial score (nSPS) is 22.3. The molecule has 1 heterocycles. The molecule has 0 amide bonds. The second kappa shape index (κ2) is 6.83. The minimum Gasteiger partial charge on any atom is -0.330 e. The van der Waals surface area contributed by atoms with Crippen molar-refractivity contribution in [3.63, 3.8) is 0 Å². The molecule has 0 spiro atoms. The van der Waals surface area contributed by atoms with Crippen LogP contribution in [-0.2, 0) is 10.0 Å². The van der Waals surface area contributed by atoms with Gasteiger partial charge in [-0.3, -0.25) is 0 Å². The summed E-state index contributed by atoms with van der Waals surface area (Å²) in [5, 5.41) is 0. The van der Waals surface area contributed by atoms with Crippen LogP contribution in [0.1, 0.15) is 32.1 Å². The van der Waals surface area contributed by atoms with Gasteiger partial charge in [-0.1, -0.05) is 6.42 Å². The maximum absolute atomic E-state index is 13.8. The van der Waals surface area contributed by atoms with Crippen LogP contribution < -0.4 is 4.90 Å². The van der Waals surface area contributed by atoms with Gasteiger partial charge in [0, 0.05) is 0 Å². The van der Waals surface area contributed by atoms with Crippen molar-refractivity contribution in [1.82, 2.24) is 4.31 Å². The van der Waals surface area contributed by atoms with Crippen LogP contribution in [0.25, 0.3) is 0 Å². The van der Waals surface area contributed by atoms with E-state index in [0.29, 0.717) is 19.1 Å². The number of halogens is 2. The molecule has 0 atom stereocenters. The first kappa shape index (κ1) is 16.8. The topological polar surface area (TPSA) is 41.8 Å². The van der Waals surface area contributed by atoms with E-state index in [-0.39, 0.29) is 0 Å². The second-order valence-electron chi connectivity index (χ2n) is 6.47. The number of nitrogens with one attached hydrogen (secondary N) is 1. The summed E-state index contributed by atoms with van der Waals surface area (Å²) < 4.78 is 53.5. The van der Waals surface area contributed by atoms with E-state index < -0.39 is 26.6 Å². The molecule has 1 aliphatic carbocycles. The minimum atomic E-state index is -3.96. The summed E-state index contributed by atoms with van der Waals surface area (Å²) >= 11 is 0. The zero-order valence-electron chi connectivity index (χ0n) is 13.1. The Morgan fingerprint density at radius 1 is 1.04 bits per heavy atom. The first-order valence-electron chi connectivity index (χ1n) is 8.28. The third-order valence-corrected chi connectivity index (χ3v) is 6.97. The maximum atomic E-state index is 13.8. The Kier molecular flexibility index (Phi) is 4.98. The second-order valence-corrected chi connectivity index (χ2v) is 8.38. The molecule has 3 rings (SSSR count). The summed E-state index contributed by atoms with van der Waals surface area (Å²) in [6, 6.07) is 3.19. The van der Waals surface area contributed by atoms with E-state index in [2.05, 4.69) is 0 Å². The van der Waals surface area contributed by atoms with Crippen molar-refractivity contribution in [2.45, 2.75) is 43.0 Å². The van der Waals surface area contributed by atoms with Crippen molar-refractivity contribution >= 4 is 10.0 Å². The third-order valence-electron chi connectivity index (χ3n) is 5.06. The van der Waals surface area contributed by atoms with E-state index in [1.54, 1.807) is 0 Å². The number of sulfonamides is 1. The van der Waals surface area contributed by atoms with Crippen LogP contribution in [0.4, 0.5) is 8.78 Å². The van der Waals surface area contributed by atoms with Gasteiger partial charge in [-0.25, -0.2) is 17.2 Å². The van der Waals surface area contributed by atoms with E-state index in [9.17, 15) is 17.2 Å². The monoisotopic (exact) mass is 345 g/mol. The fourth-order valence-corrected chi connectivity index (χ4v) is 5.26. The number of hydrogen-bond acceptors (Lipinski definition) is 2. The number of hydrogen-bond donors (Lipinski definition) is 1. The van der Waals surface area contributed by atoms with Crippen LogP contribution in [0.2, 0.25) is 0 Å². The Bertz CT molecular complexity index is 652. The molecule has 0 bridgehead atoms. The summed E-state index contributed by atoms with van der Waals surface area (Å²) in [7, 11) is -3.96. The van der Waals surface area contributed by atoms with Gasteiger partial charge in [-0.05, 0) is 43.9 Å². The fraction of sp³-hybridized carbons (Fsp3) is 0.625. The van der Waals surface area contributed by atoms with Crippen molar-refractivity contribution in [1.29, 1.82) is 0 Å². The summed E-state index contributed by atoms with van der Waals surface area (Å²) in [4.78, 5) is 0.898. The van der Waals surface area contributed by atoms with Crippen LogP contribution in [0, 0.1) is 11.6 Å². The Hall–Kier alpha value is -1.05. The van der Waals surface area contributed by atoms with E-state index in [0.717, 1.165) is 31.3 Å². The molecule has 1 aliphatic heterocycles. The van der Waals surface area contributed by atoms with Crippen LogP contribution in [0.5, 0.6) is 0 Å². The SMILES string of the molecule is O=S(=O)(c1cc(F)ccc1F)N1CC[NH+](C2CCCCC2)CC1. The highest BCUT2D eigenvalue weighted by Crippen LogP contribution is 2.21. The number of rotatable bonds is 3. The number of benzene rings is 1. The summed E-state index contributed by atoms with van der Waals surface area (Å²) in [6.45, 7) is 2.20. The number of quaternary nitrogens is 1. The zero-order valence-corrected chi connectivity index (χ0v) is 13.9. The standard InChI is InChI=1S/C16H22F2N2O2S/c17-13-6-7-15(18)16(12-13)23(21,22)20-10-8-19(9-11-20)14-4-2-1-3-5-14/h6-7,12,14H,1-5,8-11H2/p+1.